The van der Waals surface area contributed by atoms with E-state index in [2.05, 4.69) is 15.0 Å². The molecule has 150 valence electrons. The highest BCUT2D eigenvalue weighted by Crippen LogP contribution is 2.33. The molecule has 3 aromatic heterocycles. The molecule has 0 amide bonds. The normalized spacial score (nSPS) is 16.1. The molecule has 0 saturated carbocycles. The first-order chi connectivity index (χ1) is 13.9. The number of rotatable bonds is 3. The Bertz CT molecular complexity index is 1380. The largest absolute Gasteiger partial charge is 0.450 e. The van der Waals surface area contributed by atoms with Gasteiger partial charge in [0.15, 0.2) is 15.6 Å². The van der Waals surface area contributed by atoms with Gasteiger partial charge in [0.25, 0.3) is 10.0 Å². The van der Waals surface area contributed by atoms with Crippen LogP contribution in [-0.4, -0.2) is 53.9 Å². The van der Waals surface area contributed by atoms with E-state index in [1.54, 1.807) is 6.92 Å². The van der Waals surface area contributed by atoms with Gasteiger partial charge in [-0.25, -0.2) is 18.4 Å². The third kappa shape index (κ3) is 2.93. The smallest absolute Gasteiger partial charge is 0.305 e. The van der Waals surface area contributed by atoms with Gasteiger partial charge >= 0.3 is 4.87 Å². The van der Waals surface area contributed by atoms with Crippen molar-refractivity contribution in [2.45, 2.75) is 11.1 Å². The van der Waals surface area contributed by atoms with Crippen molar-refractivity contribution in [3.63, 3.8) is 0 Å². The number of aromatic amines is 1. The Hall–Kier alpha value is -2.76. The molecule has 1 aliphatic heterocycles. The molecule has 0 atom stereocenters. The molecule has 0 aliphatic carbocycles. The number of H-pyrrole nitrogens is 1. The highest BCUT2D eigenvalue weighted by atomic mass is 32.2. The average molecular weight is 431 g/mol. The SMILES string of the molecule is Cc1[nH]c(=O)sc1S(=O)(=O)N1CCN(c2ncnc3c2oc2ccccc23)CC1. The van der Waals surface area contributed by atoms with Gasteiger partial charge in [0.05, 0.1) is 0 Å². The van der Waals surface area contributed by atoms with Crippen LogP contribution in [0.4, 0.5) is 5.82 Å². The van der Waals surface area contributed by atoms with Crippen LogP contribution >= 0.6 is 11.3 Å². The number of furan rings is 1. The Morgan fingerprint density at radius 3 is 2.62 bits per heavy atom. The van der Waals surface area contributed by atoms with Crippen molar-refractivity contribution in [2.24, 2.45) is 0 Å². The molecule has 1 aliphatic rings. The number of para-hydroxylation sites is 1. The predicted molar refractivity (Wildman–Crippen MR) is 110 cm³/mol. The lowest BCUT2D eigenvalue weighted by Gasteiger charge is -2.34. The van der Waals surface area contributed by atoms with E-state index < -0.39 is 10.0 Å². The summed E-state index contributed by atoms with van der Waals surface area (Å²) in [7, 11) is -3.70. The number of thiazole rings is 1. The molecule has 0 spiro atoms. The molecule has 1 saturated heterocycles. The number of aryl methyl sites for hydroxylation is 1. The lowest BCUT2D eigenvalue weighted by atomic mass is 10.2. The average Bonchev–Trinajstić information content (AvgIpc) is 3.27. The molecular formula is C18H17N5O4S2. The van der Waals surface area contributed by atoms with E-state index in [0.717, 1.165) is 27.8 Å². The minimum atomic E-state index is -3.70. The van der Waals surface area contributed by atoms with Gasteiger partial charge in [-0.1, -0.05) is 23.5 Å². The Morgan fingerprint density at radius 2 is 1.90 bits per heavy atom. The Labute approximate surface area is 169 Å². The standard InChI is InChI=1S/C18H17N5O4S2/c1-11-17(28-18(24)21-11)29(25,26)23-8-6-22(7-9-23)16-15-14(19-10-20-16)12-4-2-3-5-13(12)27-15/h2-5,10H,6-9H2,1H3,(H,21,24). The molecule has 1 N–H and O–H groups in total. The zero-order valence-electron chi connectivity index (χ0n) is 15.5. The maximum Gasteiger partial charge on any atom is 0.305 e. The number of hydrogen-bond donors (Lipinski definition) is 1. The van der Waals surface area contributed by atoms with Crippen molar-refractivity contribution < 1.29 is 12.8 Å². The van der Waals surface area contributed by atoms with Crippen LogP contribution in [-0.2, 0) is 10.0 Å². The van der Waals surface area contributed by atoms with Gasteiger partial charge in [-0.15, -0.1) is 0 Å². The second kappa shape index (κ2) is 6.65. The summed E-state index contributed by atoms with van der Waals surface area (Å²) >= 11 is 0.726. The number of aromatic nitrogens is 3. The first-order valence-electron chi connectivity index (χ1n) is 9.02. The van der Waals surface area contributed by atoms with Crippen molar-refractivity contribution in [1.82, 2.24) is 19.3 Å². The van der Waals surface area contributed by atoms with Crippen molar-refractivity contribution >= 4 is 49.2 Å². The molecule has 1 fully saturated rings. The highest BCUT2D eigenvalue weighted by molar-refractivity contribution is 7.91. The molecule has 0 bridgehead atoms. The molecule has 0 unspecified atom stereocenters. The van der Waals surface area contributed by atoms with Crippen LogP contribution in [0.5, 0.6) is 0 Å². The molecule has 1 aromatic carbocycles. The summed E-state index contributed by atoms with van der Waals surface area (Å²) in [5, 5.41) is 0.921. The predicted octanol–water partition coefficient (Wildman–Crippen LogP) is 1.95. The first kappa shape index (κ1) is 18.3. The van der Waals surface area contributed by atoms with Crippen LogP contribution in [0.15, 0.2) is 44.0 Å². The van der Waals surface area contributed by atoms with E-state index >= 15 is 0 Å². The minimum absolute atomic E-state index is 0.0812. The maximum absolute atomic E-state index is 12.9. The van der Waals surface area contributed by atoms with Gasteiger partial charge in [-0.3, -0.25) is 4.79 Å². The van der Waals surface area contributed by atoms with Crippen LogP contribution in [0, 0.1) is 6.92 Å². The summed E-state index contributed by atoms with van der Waals surface area (Å²) in [6.07, 6.45) is 1.50. The van der Waals surface area contributed by atoms with Gasteiger partial charge < -0.3 is 14.3 Å². The zero-order valence-corrected chi connectivity index (χ0v) is 17.1. The van der Waals surface area contributed by atoms with E-state index in [9.17, 15) is 13.2 Å². The van der Waals surface area contributed by atoms with Gasteiger partial charge in [0.2, 0.25) is 0 Å². The summed E-state index contributed by atoms with van der Waals surface area (Å²) in [6.45, 7) is 3.10. The van der Waals surface area contributed by atoms with E-state index in [1.807, 2.05) is 29.2 Å². The summed E-state index contributed by atoms with van der Waals surface area (Å²) < 4.78 is 33.3. The van der Waals surface area contributed by atoms with E-state index in [4.69, 9.17) is 4.42 Å². The number of nitrogens with zero attached hydrogens (tertiary/aromatic N) is 4. The van der Waals surface area contributed by atoms with Crippen molar-refractivity contribution in [2.75, 3.05) is 31.1 Å². The van der Waals surface area contributed by atoms with Gasteiger partial charge in [-0.05, 0) is 19.1 Å². The first-order valence-corrected chi connectivity index (χ1v) is 11.3. The van der Waals surface area contributed by atoms with Gasteiger partial charge in [0, 0.05) is 37.3 Å². The Morgan fingerprint density at radius 1 is 1.14 bits per heavy atom. The number of benzene rings is 1. The fourth-order valence-corrected chi connectivity index (χ4v) is 6.49. The zero-order chi connectivity index (χ0) is 20.2. The summed E-state index contributed by atoms with van der Waals surface area (Å²) in [4.78, 5) is 24.5. The molecule has 0 radical (unpaired) electrons. The number of piperazine rings is 1. The molecule has 5 rings (SSSR count). The van der Waals surface area contributed by atoms with Gasteiger partial charge in [0.1, 0.15) is 17.4 Å². The molecule has 11 heteroatoms. The number of nitrogens with one attached hydrogen (secondary N) is 1. The topological polar surface area (TPSA) is 112 Å². The Kier molecular flexibility index (Phi) is 4.19. The Balaban J connectivity index is 1.44. The monoisotopic (exact) mass is 431 g/mol. The van der Waals surface area contributed by atoms with Gasteiger partial charge in [-0.2, -0.15) is 4.31 Å². The molecule has 4 aromatic rings. The van der Waals surface area contributed by atoms with Crippen molar-refractivity contribution in [3.05, 3.63) is 46.0 Å². The number of hydrogen-bond acceptors (Lipinski definition) is 8. The lowest BCUT2D eigenvalue weighted by molar-refractivity contribution is 0.384. The number of anilines is 1. The summed E-state index contributed by atoms with van der Waals surface area (Å²) in [6, 6.07) is 7.67. The molecular weight excluding hydrogens is 414 g/mol. The third-order valence-corrected chi connectivity index (χ3v) is 8.51. The fourth-order valence-electron chi connectivity index (χ4n) is 3.63. The molecule has 9 nitrogen and oxygen atoms in total. The van der Waals surface area contributed by atoms with Crippen LogP contribution < -0.4 is 9.77 Å². The summed E-state index contributed by atoms with van der Waals surface area (Å²) in [5.74, 6) is 0.658. The molecule has 29 heavy (non-hydrogen) atoms. The quantitative estimate of drug-likeness (QED) is 0.527. The number of sulfonamides is 1. The lowest BCUT2D eigenvalue weighted by Crippen LogP contribution is -2.48. The summed E-state index contributed by atoms with van der Waals surface area (Å²) in [5.41, 5.74) is 2.46. The van der Waals surface area contributed by atoms with E-state index in [0.29, 0.717) is 43.3 Å². The van der Waals surface area contributed by atoms with Crippen LogP contribution in [0.25, 0.3) is 22.1 Å². The third-order valence-electron chi connectivity index (χ3n) is 5.03. The second-order valence-corrected chi connectivity index (χ2v) is 9.91. The van der Waals surface area contributed by atoms with E-state index in [-0.39, 0.29) is 9.08 Å². The number of fused-ring (bicyclic) bond motifs is 3. The van der Waals surface area contributed by atoms with Crippen LogP contribution in [0.2, 0.25) is 0 Å². The molecule has 4 heterocycles. The van der Waals surface area contributed by atoms with E-state index in [1.165, 1.54) is 10.6 Å². The fraction of sp³-hybridized carbons (Fsp3) is 0.278. The maximum atomic E-state index is 12.9. The second-order valence-electron chi connectivity index (χ2n) is 6.79. The van der Waals surface area contributed by atoms with Crippen molar-refractivity contribution in [1.29, 1.82) is 0 Å². The minimum Gasteiger partial charge on any atom is -0.450 e. The van der Waals surface area contributed by atoms with Crippen LogP contribution in [0.3, 0.4) is 0 Å². The van der Waals surface area contributed by atoms with Crippen molar-refractivity contribution in [3.8, 4) is 0 Å². The van der Waals surface area contributed by atoms with Crippen LogP contribution in [0.1, 0.15) is 5.69 Å². The highest BCUT2D eigenvalue weighted by Gasteiger charge is 2.32.